The molecule has 2 aliphatic heterocycles. The molecule has 1 saturated carbocycles. The van der Waals surface area contributed by atoms with Gasteiger partial charge >= 0.3 is 0 Å². The van der Waals surface area contributed by atoms with E-state index in [1.807, 2.05) is 0 Å². The zero-order valence-corrected chi connectivity index (χ0v) is 22.6. The third-order valence-electron chi connectivity index (χ3n) is 8.12. The van der Waals surface area contributed by atoms with Gasteiger partial charge in [-0.1, -0.05) is 34.6 Å². The molecule has 5 heteroatoms. The van der Waals surface area contributed by atoms with Gasteiger partial charge in [-0.25, -0.2) is 0 Å². The quantitative estimate of drug-likeness (QED) is 0.514. The summed E-state index contributed by atoms with van der Waals surface area (Å²) in [5.41, 5.74) is 4.99. The van der Waals surface area contributed by atoms with Gasteiger partial charge in [-0.15, -0.1) is 12.4 Å². The molecule has 0 radical (unpaired) electrons. The number of anilines is 2. The Morgan fingerprint density at radius 1 is 0.879 bits per heavy atom. The molecule has 0 aromatic heterocycles. The maximum atomic E-state index is 5.61. The van der Waals surface area contributed by atoms with Crippen LogP contribution in [0.3, 0.4) is 0 Å². The number of nitrogens with zero attached hydrogens (tertiary/aromatic N) is 3. The lowest BCUT2D eigenvalue weighted by atomic mass is 9.68. The second-order valence-corrected chi connectivity index (χ2v) is 11.9. The lowest BCUT2D eigenvalue weighted by Crippen LogP contribution is -2.47. The summed E-state index contributed by atoms with van der Waals surface area (Å²) in [5, 5.41) is 0. The minimum Gasteiger partial charge on any atom is -0.378 e. The molecule has 3 fully saturated rings. The van der Waals surface area contributed by atoms with E-state index < -0.39 is 0 Å². The highest BCUT2D eigenvalue weighted by Crippen LogP contribution is 2.46. The first kappa shape index (κ1) is 26.6. The molecular weight excluding hydrogens is 430 g/mol. The van der Waals surface area contributed by atoms with Gasteiger partial charge in [0, 0.05) is 57.2 Å². The maximum absolute atomic E-state index is 5.61. The predicted octanol–water partition coefficient (Wildman–Crippen LogP) is 6.04. The zero-order valence-electron chi connectivity index (χ0n) is 21.8. The molecule has 3 aliphatic rings. The van der Waals surface area contributed by atoms with Crippen molar-refractivity contribution in [2.75, 3.05) is 68.8 Å². The minimum atomic E-state index is 0. The van der Waals surface area contributed by atoms with Gasteiger partial charge in [-0.3, -0.25) is 4.90 Å². The van der Waals surface area contributed by atoms with Crippen LogP contribution < -0.4 is 9.80 Å². The molecule has 1 aromatic carbocycles. The zero-order chi connectivity index (χ0) is 22.7. The van der Waals surface area contributed by atoms with Gasteiger partial charge in [-0.2, -0.15) is 0 Å². The summed E-state index contributed by atoms with van der Waals surface area (Å²) < 4.78 is 5.61. The normalized spacial score (nSPS) is 25.3. The summed E-state index contributed by atoms with van der Waals surface area (Å²) in [6.45, 7) is 21.6. The molecule has 2 saturated heterocycles. The molecule has 188 valence electrons. The van der Waals surface area contributed by atoms with Crippen LogP contribution in [0.2, 0.25) is 0 Å². The van der Waals surface area contributed by atoms with Crippen LogP contribution in [0.25, 0.3) is 0 Å². The molecule has 2 heterocycles. The first-order chi connectivity index (χ1) is 15.3. The van der Waals surface area contributed by atoms with Crippen molar-refractivity contribution in [2.24, 2.45) is 17.3 Å². The summed E-state index contributed by atoms with van der Waals surface area (Å²) in [6, 6.07) is 7.39. The molecule has 0 N–H and O–H groups in total. The fourth-order valence-corrected chi connectivity index (χ4v) is 6.13. The Bertz CT molecular complexity index is 725. The number of piperazine rings is 1. The highest BCUT2D eigenvalue weighted by Gasteiger charge is 2.32. The van der Waals surface area contributed by atoms with Crippen molar-refractivity contribution in [3.05, 3.63) is 23.8 Å². The van der Waals surface area contributed by atoms with E-state index in [1.54, 1.807) is 5.56 Å². The van der Waals surface area contributed by atoms with Crippen molar-refractivity contribution in [1.29, 1.82) is 0 Å². The molecule has 4 rings (SSSR count). The standard InChI is InChI=1S/C28H47N3O.ClH/c1-22(2)21-29-12-14-31(15-13-29)27-11-10-25(30-16-18-32-19-17-30)20-26(27)23-6-8-24(9-7-23)28(3,4)5;/h10-11,20,22-24H,6-9,12-19,21H2,1-5H3;1H. The van der Waals surface area contributed by atoms with Crippen LogP contribution in [-0.4, -0.2) is 63.9 Å². The molecule has 0 atom stereocenters. The molecular formula is C28H48ClN3O. The van der Waals surface area contributed by atoms with Gasteiger partial charge in [0.15, 0.2) is 0 Å². The SMILES string of the molecule is CC(C)CN1CCN(c2ccc(N3CCOCC3)cc2C2CCC(C(C)(C)C)CC2)CC1.Cl. The van der Waals surface area contributed by atoms with Gasteiger partial charge in [0.1, 0.15) is 0 Å². The van der Waals surface area contributed by atoms with Crippen molar-refractivity contribution in [1.82, 2.24) is 4.90 Å². The average Bonchev–Trinajstić information content (AvgIpc) is 2.79. The Labute approximate surface area is 209 Å². The second-order valence-electron chi connectivity index (χ2n) is 11.9. The van der Waals surface area contributed by atoms with E-state index in [0.29, 0.717) is 11.3 Å². The Morgan fingerprint density at radius 2 is 1.52 bits per heavy atom. The third-order valence-corrected chi connectivity index (χ3v) is 8.12. The van der Waals surface area contributed by atoms with Gasteiger partial charge in [0.2, 0.25) is 0 Å². The molecule has 1 aliphatic carbocycles. The first-order valence-electron chi connectivity index (χ1n) is 13.2. The summed E-state index contributed by atoms with van der Waals surface area (Å²) in [6.07, 6.45) is 5.43. The largest absolute Gasteiger partial charge is 0.378 e. The van der Waals surface area contributed by atoms with E-state index in [1.165, 1.54) is 56.7 Å². The van der Waals surface area contributed by atoms with Gasteiger partial charge < -0.3 is 14.5 Å². The summed E-state index contributed by atoms with van der Waals surface area (Å²) in [4.78, 5) is 7.86. The fraction of sp³-hybridized carbons (Fsp3) is 0.786. The van der Waals surface area contributed by atoms with Crippen LogP contribution in [0.15, 0.2) is 18.2 Å². The van der Waals surface area contributed by atoms with Gasteiger partial charge in [0.25, 0.3) is 0 Å². The van der Waals surface area contributed by atoms with Crippen molar-refractivity contribution in [2.45, 2.75) is 66.2 Å². The van der Waals surface area contributed by atoms with Crippen molar-refractivity contribution >= 4 is 23.8 Å². The van der Waals surface area contributed by atoms with Crippen LogP contribution in [0, 0.1) is 17.3 Å². The van der Waals surface area contributed by atoms with E-state index in [-0.39, 0.29) is 12.4 Å². The number of halogens is 1. The molecule has 33 heavy (non-hydrogen) atoms. The van der Waals surface area contributed by atoms with Crippen LogP contribution in [0.4, 0.5) is 11.4 Å². The Morgan fingerprint density at radius 3 is 2.09 bits per heavy atom. The maximum Gasteiger partial charge on any atom is 0.0642 e. The molecule has 0 bridgehead atoms. The number of hydrogen-bond acceptors (Lipinski definition) is 4. The topological polar surface area (TPSA) is 19.0 Å². The Hall–Kier alpha value is -0.970. The summed E-state index contributed by atoms with van der Waals surface area (Å²) in [5.74, 6) is 2.32. The molecule has 1 aromatic rings. The number of hydrogen-bond donors (Lipinski definition) is 0. The highest BCUT2D eigenvalue weighted by atomic mass is 35.5. The molecule has 0 spiro atoms. The second kappa shape index (κ2) is 11.6. The van der Waals surface area contributed by atoms with Gasteiger partial charge in [-0.05, 0) is 72.6 Å². The highest BCUT2D eigenvalue weighted by molar-refractivity contribution is 5.85. The van der Waals surface area contributed by atoms with E-state index >= 15 is 0 Å². The van der Waals surface area contributed by atoms with Crippen molar-refractivity contribution in [3.63, 3.8) is 0 Å². The summed E-state index contributed by atoms with van der Waals surface area (Å²) >= 11 is 0. The van der Waals surface area contributed by atoms with E-state index in [4.69, 9.17) is 4.74 Å². The Kier molecular flexibility index (Phi) is 9.39. The third kappa shape index (κ3) is 6.80. The molecule has 4 nitrogen and oxygen atoms in total. The van der Waals surface area contributed by atoms with Crippen LogP contribution in [0.5, 0.6) is 0 Å². The lowest BCUT2D eigenvalue weighted by molar-refractivity contribution is 0.122. The van der Waals surface area contributed by atoms with E-state index in [0.717, 1.165) is 51.2 Å². The number of morpholine rings is 1. The van der Waals surface area contributed by atoms with Gasteiger partial charge in [0.05, 0.1) is 13.2 Å². The van der Waals surface area contributed by atoms with E-state index in [9.17, 15) is 0 Å². The van der Waals surface area contributed by atoms with Crippen LogP contribution in [0.1, 0.15) is 71.8 Å². The molecule has 0 amide bonds. The number of rotatable bonds is 5. The summed E-state index contributed by atoms with van der Waals surface area (Å²) in [7, 11) is 0. The Balaban J connectivity index is 0.00000306. The first-order valence-corrected chi connectivity index (χ1v) is 13.2. The van der Waals surface area contributed by atoms with Crippen LogP contribution in [-0.2, 0) is 4.74 Å². The fourth-order valence-electron chi connectivity index (χ4n) is 6.13. The van der Waals surface area contributed by atoms with Crippen molar-refractivity contribution in [3.8, 4) is 0 Å². The molecule has 0 unspecified atom stereocenters. The lowest BCUT2D eigenvalue weighted by Gasteiger charge is -2.41. The van der Waals surface area contributed by atoms with Crippen LogP contribution >= 0.6 is 12.4 Å². The monoisotopic (exact) mass is 477 g/mol. The van der Waals surface area contributed by atoms with E-state index in [2.05, 4.69) is 67.5 Å². The predicted molar refractivity (Wildman–Crippen MR) is 144 cm³/mol. The number of benzene rings is 1. The smallest absolute Gasteiger partial charge is 0.0642 e. The van der Waals surface area contributed by atoms with Crippen molar-refractivity contribution < 1.29 is 4.74 Å². The average molecular weight is 478 g/mol. The minimum absolute atomic E-state index is 0. The number of ether oxygens (including phenoxy) is 1.